The summed E-state index contributed by atoms with van der Waals surface area (Å²) in [5.41, 5.74) is 7.86. The summed E-state index contributed by atoms with van der Waals surface area (Å²) in [6.07, 6.45) is 3.16. The minimum absolute atomic E-state index is 0.0859. The second-order valence-corrected chi connectivity index (χ2v) is 7.10. The van der Waals surface area contributed by atoms with E-state index in [0.717, 1.165) is 42.6 Å². The van der Waals surface area contributed by atoms with Crippen molar-refractivity contribution in [2.45, 2.75) is 31.8 Å². The quantitative estimate of drug-likeness (QED) is 0.887. The van der Waals surface area contributed by atoms with Gasteiger partial charge in [-0.1, -0.05) is 0 Å². The fourth-order valence-electron chi connectivity index (χ4n) is 2.83. The van der Waals surface area contributed by atoms with Crippen molar-refractivity contribution in [3.05, 3.63) is 22.1 Å². The zero-order chi connectivity index (χ0) is 14.6. The summed E-state index contributed by atoms with van der Waals surface area (Å²) in [5, 5.41) is 4.10. The number of carbonyl (C=O) groups excluding carboxylic acids is 1. The molecule has 3 heterocycles. The van der Waals surface area contributed by atoms with Crippen LogP contribution in [0.2, 0.25) is 0 Å². The van der Waals surface area contributed by atoms with Crippen LogP contribution in [0.4, 0.5) is 5.82 Å². The van der Waals surface area contributed by atoms with Crippen LogP contribution in [0.15, 0.2) is 6.07 Å². The van der Waals surface area contributed by atoms with E-state index in [2.05, 4.69) is 22.2 Å². The Morgan fingerprint density at radius 2 is 2.33 bits per heavy atom. The maximum atomic E-state index is 12.3. The van der Waals surface area contributed by atoms with Gasteiger partial charge in [0.05, 0.1) is 5.56 Å². The normalized spacial score (nSPS) is 18.7. The summed E-state index contributed by atoms with van der Waals surface area (Å²) >= 11 is 1.70. The van der Waals surface area contributed by atoms with E-state index in [9.17, 15) is 4.79 Å². The van der Waals surface area contributed by atoms with Crippen LogP contribution in [0.25, 0.3) is 10.2 Å². The number of hydrogen-bond donors (Lipinski definition) is 2. The van der Waals surface area contributed by atoms with Gasteiger partial charge in [-0.2, -0.15) is 0 Å². The molecule has 0 saturated heterocycles. The van der Waals surface area contributed by atoms with Crippen molar-refractivity contribution in [1.82, 2.24) is 15.2 Å². The van der Waals surface area contributed by atoms with Crippen LogP contribution in [-0.2, 0) is 13.0 Å². The second kappa shape index (κ2) is 4.68. The smallest absolute Gasteiger partial charge is 0.255 e. The SMILES string of the molecule is CN1CCc2c(sc3nc(N)c(C(=O)NC4CC4)cc23)C1. The molecule has 0 spiro atoms. The molecule has 0 unspecified atom stereocenters. The Morgan fingerprint density at radius 1 is 1.52 bits per heavy atom. The van der Waals surface area contributed by atoms with Gasteiger partial charge in [0.25, 0.3) is 5.91 Å². The summed E-state index contributed by atoms with van der Waals surface area (Å²) in [6, 6.07) is 2.27. The minimum Gasteiger partial charge on any atom is -0.383 e. The van der Waals surface area contributed by atoms with E-state index < -0.39 is 0 Å². The van der Waals surface area contributed by atoms with Crippen molar-refractivity contribution in [3.8, 4) is 0 Å². The molecular formula is C15H18N4OS. The topological polar surface area (TPSA) is 71.2 Å². The number of amides is 1. The van der Waals surface area contributed by atoms with E-state index in [1.54, 1.807) is 11.3 Å². The van der Waals surface area contributed by atoms with Crippen molar-refractivity contribution in [2.75, 3.05) is 19.3 Å². The van der Waals surface area contributed by atoms with Crippen molar-refractivity contribution in [3.63, 3.8) is 0 Å². The zero-order valence-corrected chi connectivity index (χ0v) is 12.8. The van der Waals surface area contributed by atoms with Gasteiger partial charge < -0.3 is 16.0 Å². The Balaban J connectivity index is 1.78. The number of carbonyl (C=O) groups is 1. The first-order valence-corrected chi connectivity index (χ1v) is 8.13. The molecule has 2 aliphatic rings. The Bertz CT molecular complexity index is 735. The predicted molar refractivity (Wildman–Crippen MR) is 84.6 cm³/mol. The number of rotatable bonds is 2. The maximum Gasteiger partial charge on any atom is 0.255 e. The van der Waals surface area contributed by atoms with E-state index >= 15 is 0 Å². The summed E-state index contributed by atoms with van der Waals surface area (Å²) in [7, 11) is 2.13. The Labute approximate surface area is 127 Å². The standard InChI is InChI=1S/C15H18N4OS/c1-19-5-4-9-10-6-11(14(20)17-8-2-3-8)13(16)18-15(10)21-12(9)7-19/h6,8H,2-5,7H2,1H3,(H2,16,18)(H,17,20). The lowest BCUT2D eigenvalue weighted by atomic mass is 10.0. The first-order chi connectivity index (χ1) is 10.1. The highest BCUT2D eigenvalue weighted by Gasteiger charge is 2.26. The van der Waals surface area contributed by atoms with Crippen LogP contribution in [-0.4, -0.2) is 35.4 Å². The van der Waals surface area contributed by atoms with Gasteiger partial charge in [0.1, 0.15) is 10.6 Å². The van der Waals surface area contributed by atoms with Gasteiger partial charge in [0.15, 0.2) is 0 Å². The minimum atomic E-state index is -0.0859. The third-order valence-electron chi connectivity index (χ3n) is 4.21. The molecule has 0 aromatic carbocycles. The number of likely N-dealkylation sites (N-methyl/N-ethyl adjacent to an activating group) is 1. The van der Waals surface area contributed by atoms with E-state index in [1.807, 2.05) is 6.07 Å². The molecule has 1 saturated carbocycles. The van der Waals surface area contributed by atoms with E-state index in [1.165, 1.54) is 10.4 Å². The molecule has 4 rings (SSSR count). The molecule has 6 heteroatoms. The van der Waals surface area contributed by atoms with Gasteiger partial charge in [-0.3, -0.25) is 4.79 Å². The van der Waals surface area contributed by atoms with Crippen LogP contribution in [0, 0.1) is 0 Å². The number of pyridine rings is 1. The summed E-state index contributed by atoms with van der Waals surface area (Å²) in [5.74, 6) is 0.255. The molecule has 2 aromatic rings. The van der Waals surface area contributed by atoms with E-state index in [4.69, 9.17) is 5.73 Å². The molecule has 0 bridgehead atoms. The van der Waals surface area contributed by atoms with Gasteiger partial charge in [-0.05, 0) is 37.9 Å². The number of aromatic nitrogens is 1. The van der Waals surface area contributed by atoms with Crippen LogP contribution in [0.5, 0.6) is 0 Å². The van der Waals surface area contributed by atoms with Crippen molar-refractivity contribution < 1.29 is 4.79 Å². The largest absolute Gasteiger partial charge is 0.383 e. The zero-order valence-electron chi connectivity index (χ0n) is 12.0. The van der Waals surface area contributed by atoms with Crippen LogP contribution >= 0.6 is 11.3 Å². The predicted octanol–water partition coefficient (Wildman–Crippen LogP) is 1.76. The Hall–Kier alpha value is -1.66. The van der Waals surface area contributed by atoms with Crippen molar-refractivity contribution in [1.29, 1.82) is 0 Å². The fourth-order valence-corrected chi connectivity index (χ4v) is 4.12. The van der Waals surface area contributed by atoms with Gasteiger partial charge in [-0.15, -0.1) is 11.3 Å². The number of nitrogens with zero attached hydrogens (tertiary/aromatic N) is 2. The lowest BCUT2D eigenvalue weighted by Gasteiger charge is -2.21. The average molecular weight is 302 g/mol. The molecular weight excluding hydrogens is 284 g/mol. The second-order valence-electron chi connectivity index (χ2n) is 6.01. The molecule has 0 atom stereocenters. The Morgan fingerprint density at radius 3 is 3.10 bits per heavy atom. The molecule has 0 radical (unpaired) electrons. The number of fused-ring (bicyclic) bond motifs is 3. The maximum absolute atomic E-state index is 12.3. The average Bonchev–Trinajstić information content (AvgIpc) is 3.17. The van der Waals surface area contributed by atoms with Gasteiger partial charge in [0, 0.05) is 29.4 Å². The molecule has 1 fully saturated rings. The fraction of sp³-hybridized carbons (Fsp3) is 0.467. The molecule has 21 heavy (non-hydrogen) atoms. The lowest BCUT2D eigenvalue weighted by molar-refractivity contribution is 0.0952. The molecule has 5 nitrogen and oxygen atoms in total. The monoisotopic (exact) mass is 302 g/mol. The number of anilines is 1. The summed E-state index contributed by atoms with van der Waals surface area (Å²) in [4.78, 5) is 21.4. The van der Waals surface area contributed by atoms with Crippen LogP contribution < -0.4 is 11.1 Å². The Kier molecular flexibility index (Phi) is 2.90. The third kappa shape index (κ3) is 2.28. The molecule has 110 valence electrons. The highest BCUT2D eigenvalue weighted by Crippen LogP contribution is 2.35. The first kappa shape index (κ1) is 13.0. The molecule has 1 aliphatic carbocycles. The summed E-state index contributed by atoms with van der Waals surface area (Å²) < 4.78 is 0. The third-order valence-corrected chi connectivity index (χ3v) is 5.34. The van der Waals surface area contributed by atoms with Crippen molar-refractivity contribution in [2.24, 2.45) is 0 Å². The van der Waals surface area contributed by atoms with Crippen molar-refractivity contribution >= 4 is 33.3 Å². The summed E-state index contributed by atoms with van der Waals surface area (Å²) in [6.45, 7) is 2.01. The number of hydrogen-bond acceptors (Lipinski definition) is 5. The first-order valence-electron chi connectivity index (χ1n) is 7.32. The highest BCUT2D eigenvalue weighted by atomic mass is 32.1. The van der Waals surface area contributed by atoms with Crippen LogP contribution in [0.3, 0.4) is 0 Å². The number of nitrogen functional groups attached to an aromatic ring is 1. The number of nitrogens with one attached hydrogen (secondary N) is 1. The molecule has 2 aromatic heterocycles. The van der Waals surface area contributed by atoms with E-state index in [0.29, 0.717) is 17.4 Å². The number of nitrogens with two attached hydrogens (primary N) is 1. The lowest BCUT2D eigenvalue weighted by Crippen LogP contribution is -2.26. The van der Waals surface area contributed by atoms with E-state index in [-0.39, 0.29) is 5.91 Å². The van der Waals surface area contributed by atoms with Gasteiger partial charge >= 0.3 is 0 Å². The van der Waals surface area contributed by atoms with Gasteiger partial charge in [-0.25, -0.2) is 4.98 Å². The number of thiophene rings is 1. The van der Waals surface area contributed by atoms with Crippen LogP contribution in [0.1, 0.15) is 33.6 Å². The van der Waals surface area contributed by atoms with Gasteiger partial charge in [0.2, 0.25) is 0 Å². The molecule has 1 amide bonds. The molecule has 3 N–H and O–H groups in total. The molecule has 1 aliphatic heterocycles. The highest BCUT2D eigenvalue weighted by molar-refractivity contribution is 7.18.